The number of carbonyl (C=O) groups is 2. The van der Waals surface area contributed by atoms with E-state index in [-0.39, 0.29) is 18.2 Å². The first-order valence-corrected chi connectivity index (χ1v) is 11.8. The van der Waals surface area contributed by atoms with Crippen LogP contribution >= 0.6 is 0 Å². The highest BCUT2D eigenvalue weighted by Gasteiger charge is 2.38. The van der Waals surface area contributed by atoms with E-state index in [2.05, 4.69) is 15.3 Å². The number of likely N-dealkylation sites (tertiary alicyclic amines) is 2. The zero-order chi connectivity index (χ0) is 24.2. The van der Waals surface area contributed by atoms with Crippen molar-refractivity contribution < 1.29 is 18.9 Å². The van der Waals surface area contributed by atoms with Crippen LogP contribution in [0.5, 0.6) is 0 Å². The summed E-state index contributed by atoms with van der Waals surface area (Å²) in [5.41, 5.74) is 3.38. The Kier molecular flexibility index (Phi) is 6.56. The van der Waals surface area contributed by atoms with Gasteiger partial charge in [0.25, 0.3) is 5.91 Å². The van der Waals surface area contributed by atoms with Crippen molar-refractivity contribution in [3.8, 4) is 11.1 Å². The van der Waals surface area contributed by atoms with Gasteiger partial charge in [-0.25, -0.2) is 0 Å². The Hall–Kier alpha value is -4.01. The van der Waals surface area contributed by atoms with Crippen molar-refractivity contribution in [1.82, 2.24) is 19.9 Å². The first kappa shape index (κ1) is 22.8. The lowest BCUT2D eigenvalue weighted by molar-refractivity contribution is -0.129. The van der Waals surface area contributed by atoms with Crippen LogP contribution < -0.4 is 0 Å². The first-order chi connectivity index (χ1) is 17.1. The molecule has 2 amide bonds. The molecule has 2 aliphatic rings. The number of carbonyl (C=O) groups excluding carboxylic acids is 2. The van der Waals surface area contributed by atoms with Gasteiger partial charge in [0.05, 0.1) is 18.7 Å². The summed E-state index contributed by atoms with van der Waals surface area (Å²) in [6.07, 6.45) is 2.56. The molecule has 9 heteroatoms. The highest BCUT2D eigenvalue weighted by molar-refractivity contribution is 6.00. The third kappa shape index (κ3) is 4.94. The van der Waals surface area contributed by atoms with Crippen molar-refractivity contribution >= 4 is 17.5 Å². The maximum atomic E-state index is 13.5. The van der Waals surface area contributed by atoms with E-state index >= 15 is 0 Å². The highest BCUT2D eigenvalue weighted by atomic mass is 16.6. The van der Waals surface area contributed by atoms with Crippen molar-refractivity contribution in [3.05, 3.63) is 71.9 Å². The van der Waals surface area contributed by atoms with E-state index in [1.807, 2.05) is 59.5 Å². The number of amides is 2. The van der Waals surface area contributed by atoms with Gasteiger partial charge in [-0.05, 0) is 36.1 Å². The second-order valence-electron chi connectivity index (χ2n) is 8.75. The lowest BCUT2D eigenvalue weighted by atomic mass is 10.0. The number of nitrogens with zero attached hydrogens (tertiary/aromatic N) is 5. The second kappa shape index (κ2) is 10.1. The topological polar surface area (TPSA) is 101 Å². The van der Waals surface area contributed by atoms with Gasteiger partial charge in [-0.15, -0.1) is 0 Å². The number of hydrogen-bond donors (Lipinski definition) is 0. The van der Waals surface area contributed by atoms with Gasteiger partial charge in [-0.3, -0.25) is 9.59 Å². The van der Waals surface area contributed by atoms with E-state index in [9.17, 15) is 9.59 Å². The molecule has 1 aromatic heterocycles. The van der Waals surface area contributed by atoms with Gasteiger partial charge in [-0.2, -0.15) is 4.98 Å². The molecule has 0 bridgehead atoms. The molecular weight excluding hydrogens is 446 g/mol. The monoisotopic (exact) mass is 473 g/mol. The number of rotatable bonds is 6. The Morgan fingerprint density at radius 3 is 2.49 bits per heavy atom. The average Bonchev–Trinajstić information content (AvgIpc) is 3.66. The lowest BCUT2D eigenvalue weighted by Crippen LogP contribution is -2.31. The maximum Gasteiger partial charge on any atom is 0.254 e. The van der Waals surface area contributed by atoms with Crippen LogP contribution in [0.4, 0.5) is 0 Å². The second-order valence-corrected chi connectivity index (χ2v) is 8.75. The summed E-state index contributed by atoms with van der Waals surface area (Å²) in [6, 6.07) is 17.0. The quantitative estimate of drug-likeness (QED) is 0.508. The van der Waals surface area contributed by atoms with Crippen LogP contribution in [0.2, 0.25) is 0 Å². The summed E-state index contributed by atoms with van der Waals surface area (Å²) in [4.78, 5) is 38.8. The number of aromatic nitrogens is 2. The molecule has 2 fully saturated rings. The van der Waals surface area contributed by atoms with Crippen molar-refractivity contribution in [3.63, 3.8) is 0 Å². The van der Waals surface area contributed by atoms with Gasteiger partial charge in [0.2, 0.25) is 11.8 Å². The van der Waals surface area contributed by atoms with Gasteiger partial charge in [0.1, 0.15) is 13.2 Å². The summed E-state index contributed by atoms with van der Waals surface area (Å²) >= 11 is 0. The summed E-state index contributed by atoms with van der Waals surface area (Å²) in [6.45, 7) is 1.84. The molecule has 2 aliphatic heterocycles. The third-order valence-corrected chi connectivity index (χ3v) is 6.42. The molecule has 0 spiro atoms. The van der Waals surface area contributed by atoms with Crippen molar-refractivity contribution in [2.24, 2.45) is 5.16 Å². The predicted molar refractivity (Wildman–Crippen MR) is 129 cm³/mol. The van der Waals surface area contributed by atoms with Gasteiger partial charge in [-0.1, -0.05) is 52.8 Å². The lowest BCUT2D eigenvalue weighted by Gasteiger charge is -2.21. The Morgan fingerprint density at radius 1 is 1.06 bits per heavy atom. The fraction of sp³-hybridized carbons (Fsp3) is 0.346. The molecule has 0 saturated carbocycles. The molecule has 35 heavy (non-hydrogen) atoms. The van der Waals surface area contributed by atoms with E-state index in [1.54, 1.807) is 4.90 Å². The van der Waals surface area contributed by atoms with Crippen LogP contribution in [0.15, 0.2) is 64.3 Å². The fourth-order valence-corrected chi connectivity index (χ4v) is 4.62. The zero-order valence-corrected chi connectivity index (χ0v) is 19.6. The highest BCUT2D eigenvalue weighted by Crippen LogP contribution is 2.32. The van der Waals surface area contributed by atoms with Gasteiger partial charge >= 0.3 is 0 Å². The fourth-order valence-electron chi connectivity index (χ4n) is 4.62. The first-order valence-electron chi connectivity index (χ1n) is 11.8. The van der Waals surface area contributed by atoms with Crippen LogP contribution in [0.1, 0.15) is 47.4 Å². The van der Waals surface area contributed by atoms with E-state index in [1.165, 1.54) is 7.11 Å². The van der Waals surface area contributed by atoms with Crippen LogP contribution in [0, 0.1) is 0 Å². The minimum atomic E-state index is -0.478. The molecule has 0 unspecified atom stereocenters. The maximum absolute atomic E-state index is 13.5. The smallest absolute Gasteiger partial charge is 0.254 e. The molecular formula is C26H27N5O4. The van der Waals surface area contributed by atoms with E-state index < -0.39 is 6.04 Å². The summed E-state index contributed by atoms with van der Waals surface area (Å²) in [5.74, 6) is 0.455. The van der Waals surface area contributed by atoms with Crippen LogP contribution in [0.25, 0.3) is 11.1 Å². The largest absolute Gasteiger partial charge is 0.399 e. The molecule has 3 heterocycles. The number of benzene rings is 2. The van der Waals surface area contributed by atoms with E-state index in [4.69, 9.17) is 9.36 Å². The Balaban J connectivity index is 1.34. The van der Waals surface area contributed by atoms with Gasteiger partial charge in [0.15, 0.2) is 5.82 Å². The minimum absolute atomic E-state index is 0.00524. The molecule has 9 nitrogen and oxygen atoms in total. The van der Waals surface area contributed by atoms with Crippen LogP contribution in [-0.4, -0.2) is 64.2 Å². The molecule has 180 valence electrons. The Labute approximate surface area is 203 Å². The van der Waals surface area contributed by atoms with Crippen molar-refractivity contribution in [1.29, 1.82) is 0 Å². The standard InChI is InChI=1S/C26H27N5O4/c1-34-28-21-15-22(25-27-23(29-35-25)16-24(32)30-13-5-6-14-30)31(17-21)26(33)20-11-9-19(10-12-20)18-7-3-2-4-8-18/h2-4,7-12,22H,5-6,13-17H2,1H3/b28-21-/t22-/m0/s1. The molecule has 0 radical (unpaired) electrons. The minimum Gasteiger partial charge on any atom is -0.399 e. The molecule has 0 aliphatic carbocycles. The molecule has 5 rings (SSSR count). The Morgan fingerprint density at radius 2 is 1.77 bits per heavy atom. The number of hydrogen-bond acceptors (Lipinski definition) is 7. The molecule has 2 aromatic carbocycles. The Bertz CT molecular complexity index is 1220. The molecule has 1 atom stereocenters. The van der Waals surface area contributed by atoms with Crippen molar-refractivity contribution in [2.75, 3.05) is 26.7 Å². The molecule has 0 N–H and O–H groups in total. The third-order valence-electron chi connectivity index (χ3n) is 6.42. The van der Waals surface area contributed by atoms with Gasteiger partial charge in [0, 0.05) is 25.1 Å². The SMILES string of the molecule is CO/N=C1/C[C@@H](c2nc(CC(=O)N3CCCC3)no2)N(C(=O)c2ccc(-c3ccccc3)cc2)C1. The number of oxime groups is 1. The molecule has 2 saturated heterocycles. The normalized spacial score (nSPS) is 18.9. The summed E-state index contributed by atoms with van der Waals surface area (Å²) < 4.78 is 5.51. The van der Waals surface area contributed by atoms with Crippen molar-refractivity contribution in [2.45, 2.75) is 31.7 Å². The van der Waals surface area contributed by atoms with Gasteiger partial charge < -0.3 is 19.2 Å². The summed E-state index contributed by atoms with van der Waals surface area (Å²) in [5, 5.41) is 8.07. The average molecular weight is 474 g/mol. The van der Waals surface area contributed by atoms with Crippen LogP contribution in [-0.2, 0) is 16.1 Å². The van der Waals surface area contributed by atoms with Crippen LogP contribution in [0.3, 0.4) is 0 Å². The zero-order valence-electron chi connectivity index (χ0n) is 19.6. The summed E-state index contributed by atoms with van der Waals surface area (Å²) in [7, 11) is 1.48. The predicted octanol–water partition coefficient (Wildman–Crippen LogP) is 3.49. The molecule has 3 aromatic rings. The van der Waals surface area contributed by atoms with E-state index in [0.29, 0.717) is 36.0 Å². The van der Waals surface area contributed by atoms with E-state index in [0.717, 1.165) is 37.1 Å².